The summed E-state index contributed by atoms with van der Waals surface area (Å²) in [6, 6.07) is 5.40. The molecule has 2 heterocycles. The van der Waals surface area contributed by atoms with Gasteiger partial charge in [-0.1, -0.05) is 6.92 Å². The van der Waals surface area contributed by atoms with E-state index in [1.165, 1.54) is 19.2 Å². The fourth-order valence-corrected chi connectivity index (χ4v) is 3.26. The number of likely N-dealkylation sites (tertiary alicyclic amines) is 1. The minimum Gasteiger partial charge on any atom is -0.497 e. The lowest BCUT2D eigenvalue weighted by Gasteiger charge is -2.31. The van der Waals surface area contributed by atoms with Crippen LogP contribution in [0.4, 0.5) is 10.5 Å². The molecule has 0 bridgehead atoms. The summed E-state index contributed by atoms with van der Waals surface area (Å²) in [4.78, 5) is 52.7. The lowest BCUT2D eigenvalue weighted by atomic mass is 10.0. The molecule has 2 aliphatic heterocycles. The zero-order valence-electron chi connectivity index (χ0n) is 14.8. The molecule has 5 amide bonds. The molecule has 138 valence electrons. The van der Waals surface area contributed by atoms with Gasteiger partial charge in [-0.2, -0.15) is 0 Å². The van der Waals surface area contributed by atoms with Gasteiger partial charge in [-0.3, -0.25) is 14.4 Å². The number of benzene rings is 1. The van der Waals surface area contributed by atoms with Crippen molar-refractivity contribution in [1.29, 1.82) is 0 Å². The molecular weight excluding hydrogens is 338 g/mol. The topological polar surface area (TPSA) is 87.2 Å². The number of urea groups is 1. The van der Waals surface area contributed by atoms with Crippen molar-refractivity contribution in [3.63, 3.8) is 0 Å². The molecule has 2 saturated heterocycles. The van der Waals surface area contributed by atoms with Crippen LogP contribution in [0.25, 0.3) is 0 Å². The fourth-order valence-electron chi connectivity index (χ4n) is 3.26. The minimum atomic E-state index is -0.982. The zero-order valence-corrected chi connectivity index (χ0v) is 14.8. The van der Waals surface area contributed by atoms with Gasteiger partial charge in [-0.25, -0.2) is 14.6 Å². The number of anilines is 1. The van der Waals surface area contributed by atoms with Gasteiger partial charge in [0.25, 0.3) is 0 Å². The van der Waals surface area contributed by atoms with E-state index in [9.17, 15) is 19.2 Å². The SMILES string of the molecule is COc1ccc(N2C(=O)C(=O)N(CC(=O)N3CCC[C@H](C)C3)C2=O)cc1. The highest BCUT2D eigenvalue weighted by atomic mass is 16.5. The quantitative estimate of drug-likeness (QED) is 0.596. The Morgan fingerprint density at radius 2 is 1.85 bits per heavy atom. The predicted octanol–water partition coefficient (Wildman–Crippen LogP) is 1.25. The molecule has 0 aromatic heterocycles. The molecule has 2 aliphatic rings. The third-order valence-corrected chi connectivity index (χ3v) is 4.69. The second-order valence-electron chi connectivity index (χ2n) is 6.60. The van der Waals surface area contributed by atoms with Crippen molar-refractivity contribution in [3.05, 3.63) is 24.3 Å². The van der Waals surface area contributed by atoms with Crippen molar-refractivity contribution >= 4 is 29.4 Å². The normalized spacial score (nSPS) is 20.8. The maximum atomic E-state index is 12.6. The average Bonchev–Trinajstić information content (AvgIpc) is 2.85. The summed E-state index contributed by atoms with van der Waals surface area (Å²) in [7, 11) is 1.50. The number of ether oxygens (including phenoxy) is 1. The molecule has 0 saturated carbocycles. The van der Waals surface area contributed by atoms with E-state index >= 15 is 0 Å². The summed E-state index contributed by atoms with van der Waals surface area (Å²) < 4.78 is 5.04. The number of nitrogens with zero attached hydrogens (tertiary/aromatic N) is 3. The Labute approximate surface area is 151 Å². The molecule has 26 heavy (non-hydrogen) atoms. The Morgan fingerprint density at radius 3 is 2.46 bits per heavy atom. The first-order valence-corrected chi connectivity index (χ1v) is 8.54. The van der Waals surface area contributed by atoms with E-state index in [4.69, 9.17) is 4.74 Å². The molecule has 0 N–H and O–H groups in total. The second-order valence-corrected chi connectivity index (χ2v) is 6.60. The average molecular weight is 359 g/mol. The molecule has 8 heteroatoms. The molecule has 0 radical (unpaired) electrons. The van der Waals surface area contributed by atoms with E-state index in [1.54, 1.807) is 17.0 Å². The van der Waals surface area contributed by atoms with Gasteiger partial charge >= 0.3 is 17.8 Å². The first-order chi connectivity index (χ1) is 12.4. The van der Waals surface area contributed by atoms with Gasteiger partial charge in [-0.05, 0) is 43.0 Å². The highest BCUT2D eigenvalue weighted by Crippen LogP contribution is 2.25. The van der Waals surface area contributed by atoms with Crippen LogP contribution in [0.5, 0.6) is 5.75 Å². The van der Waals surface area contributed by atoms with Gasteiger partial charge in [0.05, 0.1) is 12.8 Å². The number of rotatable bonds is 4. The Balaban J connectivity index is 1.74. The van der Waals surface area contributed by atoms with Crippen molar-refractivity contribution in [2.45, 2.75) is 19.8 Å². The van der Waals surface area contributed by atoms with Crippen LogP contribution < -0.4 is 9.64 Å². The number of piperidine rings is 1. The maximum Gasteiger partial charge on any atom is 0.339 e. The maximum absolute atomic E-state index is 12.6. The molecule has 8 nitrogen and oxygen atoms in total. The Hall–Kier alpha value is -2.90. The summed E-state index contributed by atoms with van der Waals surface area (Å²) >= 11 is 0. The van der Waals surface area contributed by atoms with Gasteiger partial charge in [-0.15, -0.1) is 0 Å². The number of carbonyl (C=O) groups excluding carboxylic acids is 4. The van der Waals surface area contributed by atoms with Crippen LogP contribution in [0.15, 0.2) is 24.3 Å². The van der Waals surface area contributed by atoms with Gasteiger partial charge in [0.2, 0.25) is 5.91 Å². The standard InChI is InChI=1S/C18H21N3O5/c1-12-4-3-9-19(10-12)15(22)11-20-16(23)17(24)21(18(20)25)13-5-7-14(26-2)8-6-13/h5-8,12H,3-4,9-11H2,1-2H3/t12-/m0/s1. The lowest BCUT2D eigenvalue weighted by Crippen LogP contribution is -2.46. The van der Waals surface area contributed by atoms with Crippen molar-refractivity contribution in [2.75, 3.05) is 31.6 Å². The third kappa shape index (κ3) is 3.26. The zero-order chi connectivity index (χ0) is 18.8. The van der Waals surface area contributed by atoms with Crippen LogP contribution in [0.1, 0.15) is 19.8 Å². The van der Waals surface area contributed by atoms with Crippen LogP contribution >= 0.6 is 0 Å². The van der Waals surface area contributed by atoms with E-state index in [0.717, 1.165) is 17.7 Å². The minimum absolute atomic E-state index is 0.260. The van der Waals surface area contributed by atoms with Crippen LogP contribution in [0.3, 0.4) is 0 Å². The molecule has 3 rings (SSSR count). The highest BCUT2D eigenvalue weighted by molar-refractivity contribution is 6.53. The summed E-state index contributed by atoms with van der Waals surface area (Å²) in [5.74, 6) is -1.31. The van der Waals surface area contributed by atoms with E-state index in [1.807, 2.05) is 0 Å². The Morgan fingerprint density at radius 1 is 1.15 bits per heavy atom. The summed E-state index contributed by atoms with van der Waals surface area (Å²) in [6.45, 7) is 2.85. The van der Waals surface area contributed by atoms with Crippen LogP contribution in [0, 0.1) is 5.92 Å². The number of imide groups is 2. The smallest absolute Gasteiger partial charge is 0.339 e. The van der Waals surface area contributed by atoms with Crippen molar-refractivity contribution in [3.8, 4) is 5.75 Å². The van der Waals surface area contributed by atoms with Crippen molar-refractivity contribution in [1.82, 2.24) is 9.80 Å². The molecule has 1 atom stereocenters. The Kier molecular flexibility index (Phi) is 4.92. The number of amides is 5. The van der Waals surface area contributed by atoms with E-state index in [2.05, 4.69) is 6.92 Å². The molecular formula is C18H21N3O5. The molecule has 1 aromatic rings. The predicted molar refractivity (Wildman–Crippen MR) is 92.6 cm³/mol. The Bertz CT molecular complexity index is 746. The second kappa shape index (κ2) is 7.15. The van der Waals surface area contributed by atoms with Crippen LogP contribution in [-0.2, 0) is 14.4 Å². The van der Waals surface area contributed by atoms with Crippen LogP contribution in [-0.4, -0.2) is 60.3 Å². The van der Waals surface area contributed by atoms with Crippen molar-refractivity contribution in [2.24, 2.45) is 5.92 Å². The summed E-state index contributed by atoms with van der Waals surface area (Å²) in [6.07, 6.45) is 1.95. The van der Waals surface area contributed by atoms with E-state index < -0.39 is 24.4 Å². The van der Waals surface area contributed by atoms with Gasteiger partial charge in [0.1, 0.15) is 12.3 Å². The number of carbonyl (C=O) groups is 4. The summed E-state index contributed by atoms with van der Waals surface area (Å²) in [5, 5.41) is 0. The van der Waals surface area contributed by atoms with Crippen LogP contribution in [0.2, 0.25) is 0 Å². The van der Waals surface area contributed by atoms with Gasteiger partial charge in [0.15, 0.2) is 0 Å². The number of hydrogen-bond acceptors (Lipinski definition) is 5. The first-order valence-electron chi connectivity index (χ1n) is 8.54. The monoisotopic (exact) mass is 359 g/mol. The molecule has 0 spiro atoms. The third-order valence-electron chi connectivity index (χ3n) is 4.69. The van der Waals surface area contributed by atoms with Gasteiger partial charge < -0.3 is 9.64 Å². The molecule has 0 aliphatic carbocycles. The number of hydrogen-bond donors (Lipinski definition) is 0. The first kappa shape index (κ1) is 17.9. The summed E-state index contributed by atoms with van der Waals surface area (Å²) in [5.41, 5.74) is 0.260. The molecule has 0 unspecified atom stereocenters. The van der Waals surface area contributed by atoms with E-state index in [-0.39, 0.29) is 11.6 Å². The lowest BCUT2D eigenvalue weighted by molar-refractivity contribution is -0.142. The number of methoxy groups -OCH3 is 1. The van der Waals surface area contributed by atoms with Crippen molar-refractivity contribution < 1.29 is 23.9 Å². The molecule has 1 aromatic carbocycles. The largest absolute Gasteiger partial charge is 0.497 e. The molecule has 2 fully saturated rings. The highest BCUT2D eigenvalue weighted by Gasteiger charge is 2.46. The fraction of sp³-hybridized carbons (Fsp3) is 0.444. The van der Waals surface area contributed by atoms with Gasteiger partial charge in [0, 0.05) is 13.1 Å². The van der Waals surface area contributed by atoms with E-state index in [0.29, 0.717) is 29.7 Å².